The van der Waals surface area contributed by atoms with Gasteiger partial charge in [0.1, 0.15) is 0 Å². The Kier molecular flexibility index (Phi) is 4.58. The van der Waals surface area contributed by atoms with Crippen LogP contribution in [-0.4, -0.2) is 54.0 Å². The zero-order valence-electron chi connectivity index (χ0n) is 10.3. The molecule has 0 aromatic rings. The minimum absolute atomic E-state index is 0.0274. The second-order valence-corrected chi connectivity index (χ2v) is 4.45. The Bertz CT molecular complexity index is 266. The number of amides is 3. The topological polar surface area (TPSA) is 52.7 Å². The molecule has 1 aliphatic rings. The average molecular weight is 227 g/mol. The normalized spacial score (nSPS) is 17.2. The Balaban J connectivity index is 2.46. The molecule has 0 atom stereocenters. The maximum absolute atomic E-state index is 11.7. The summed E-state index contributed by atoms with van der Waals surface area (Å²) in [7, 11) is 0. The summed E-state index contributed by atoms with van der Waals surface area (Å²) in [5.41, 5.74) is 0. The van der Waals surface area contributed by atoms with Gasteiger partial charge < -0.3 is 15.1 Å². The molecule has 0 aliphatic carbocycles. The maximum Gasteiger partial charge on any atom is 0.317 e. The zero-order chi connectivity index (χ0) is 12.1. The van der Waals surface area contributed by atoms with E-state index >= 15 is 0 Å². The number of nitrogens with one attached hydrogen (secondary N) is 1. The minimum atomic E-state index is -0.0274. The maximum atomic E-state index is 11.7. The van der Waals surface area contributed by atoms with Crippen molar-refractivity contribution in [3.8, 4) is 0 Å². The van der Waals surface area contributed by atoms with E-state index in [0.717, 1.165) is 19.5 Å². The SMILES string of the molecule is CC(=O)N1CCCN(C(=O)NC(C)C)CC1. The fraction of sp³-hybridized carbons (Fsp3) is 0.818. The van der Waals surface area contributed by atoms with E-state index in [2.05, 4.69) is 5.32 Å². The van der Waals surface area contributed by atoms with E-state index in [1.54, 1.807) is 16.7 Å². The summed E-state index contributed by atoms with van der Waals surface area (Å²) in [6.45, 7) is 8.20. The van der Waals surface area contributed by atoms with Crippen molar-refractivity contribution in [1.29, 1.82) is 0 Å². The summed E-state index contributed by atoms with van der Waals surface area (Å²) in [5.74, 6) is 0.0890. The fourth-order valence-electron chi connectivity index (χ4n) is 1.77. The van der Waals surface area contributed by atoms with E-state index < -0.39 is 0 Å². The summed E-state index contributed by atoms with van der Waals surface area (Å²) < 4.78 is 0. The molecule has 16 heavy (non-hydrogen) atoms. The summed E-state index contributed by atoms with van der Waals surface area (Å²) in [6.07, 6.45) is 0.852. The predicted octanol–water partition coefficient (Wildman–Crippen LogP) is 0.659. The predicted molar refractivity (Wildman–Crippen MR) is 62.1 cm³/mol. The lowest BCUT2D eigenvalue weighted by Gasteiger charge is -2.22. The molecule has 0 unspecified atom stereocenters. The molecule has 0 bridgehead atoms. The van der Waals surface area contributed by atoms with Crippen molar-refractivity contribution in [2.24, 2.45) is 0 Å². The molecule has 0 saturated carbocycles. The van der Waals surface area contributed by atoms with Crippen LogP contribution < -0.4 is 5.32 Å². The molecular formula is C11H21N3O2. The molecule has 0 aromatic heterocycles. The Labute approximate surface area is 96.8 Å². The van der Waals surface area contributed by atoms with Crippen LogP contribution in [0.4, 0.5) is 4.79 Å². The smallest absolute Gasteiger partial charge is 0.317 e. The first-order valence-corrected chi connectivity index (χ1v) is 5.81. The highest BCUT2D eigenvalue weighted by Crippen LogP contribution is 2.03. The fourth-order valence-corrected chi connectivity index (χ4v) is 1.77. The van der Waals surface area contributed by atoms with Gasteiger partial charge in [-0.25, -0.2) is 4.79 Å². The van der Waals surface area contributed by atoms with Crippen molar-refractivity contribution < 1.29 is 9.59 Å². The molecule has 0 spiro atoms. The summed E-state index contributed by atoms with van der Waals surface area (Å²) in [6, 6.07) is 0.125. The van der Waals surface area contributed by atoms with Gasteiger partial charge in [-0.3, -0.25) is 4.79 Å². The van der Waals surface area contributed by atoms with Gasteiger partial charge in [0.25, 0.3) is 0 Å². The number of hydrogen-bond acceptors (Lipinski definition) is 2. The molecule has 1 heterocycles. The van der Waals surface area contributed by atoms with Gasteiger partial charge in [-0.05, 0) is 20.3 Å². The first-order valence-electron chi connectivity index (χ1n) is 5.81. The van der Waals surface area contributed by atoms with Crippen LogP contribution in [0.25, 0.3) is 0 Å². The molecule has 5 nitrogen and oxygen atoms in total. The molecule has 92 valence electrons. The van der Waals surface area contributed by atoms with Gasteiger partial charge >= 0.3 is 6.03 Å². The first kappa shape index (κ1) is 12.8. The number of hydrogen-bond donors (Lipinski definition) is 1. The van der Waals surface area contributed by atoms with Crippen LogP contribution in [0.2, 0.25) is 0 Å². The number of carbonyl (C=O) groups excluding carboxylic acids is 2. The molecule has 0 aromatic carbocycles. The second-order valence-electron chi connectivity index (χ2n) is 4.45. The molecular weight excluding hydrogens is 206 g/mol. The Hall–Kier alpha value is -1.26. The van der Waals surface area contributed by atoms with Crippen molar-refractivity contribution in [1.82, 2.24) is 15.1 Å². The van der Waals surface area contributed by atoms with Gasteiger partial charge in [-0.1, -0.05) is 0 Å². The molecule has 1 rings (SSSR count). The lowest BCUT2D eigenvalue weighted by atomic mass is 10.4. The molecule has 3 amide bonds. The van der Waals surface area contributed by atoms with Gasteiger partial charge in [0, 0.05) is 39.1 Å². The first-order chi connectivity index (χ1) is 7.50. The standard InChI is InChI=1S/C11H21N3O2/c1-9(2)12-11(16)14-6-4-5-13(7-8-14)10(3)15/h9H,4-8H2,1-3H3,(H,12,16). The third-order valence-electron chi connectivity index (χ3n) is 2.64. The third-order valence-corrected chi connectivity index (χ3v) is 2.64. The van der Waals surface area contributed by atoms with Gasteiger partial charge in [-0.15, -0.1) is 0 Å². The number of rotatable bonds is 1. The van der Waals surface area contributed by atoms with Crippen molar-refractivity contribution in [3.05, 3.63) is 0 Å². The monoisotopic (exact) mass is 227 g/mol. The summed E-state index contributed by atoms with van der Waals surface area (Å²) >= 11 is 0. The van der Waals surface area contributed by atoms with E-state index in [0.29, 0.717) is 13.1 Å². The van der Waals surface area contributed by atoms with Crippen LogP contribution in [0.5, 0.6) is 0 Å². The number of carbonyl (C=O) groups is 2. The van der Waals surface area contributed by atoms with Gasteiger partial charge in [0.2, 0.25) is 5.91 Å². The highest BCUT2D eigenvalue weighted by atomic mass is 16.2. The van der Waals surface area contributed by atoms with Gasteiger partial charge in [-0.2, -0.15) is 0 Å². The van der Waals surface area contributed by atoms with Gasteiger partial charge in [0.05, 0.1) is 0 Å². The molecule has 1 N–H and O–H groups in total. The average Bonchev–Trinajstić information content (AvgIpc) is 2.41. The lowest BCUT2D eigenvalue weighted by molar-refractivity contribution is -0.128. The zero-order valence-corrected chi connectivity index (χ0v) is 10.3. The van der Waals surface area contributed by atoms with E-state index in [1.807, 2.05) is 13.8 Å². The van der Waals surface area contributed by atoms with E-state index in [1.165, 1.54) is 0 Å². The van der Waals surface area contributed by atoms with Crippen LogP contribution in [0.3, 0.4) is 0 Å². The summed E-state index contributed by atoms with van der Waals surface area (Å²) in [5, 5.41) is 2.87. The van der Waals surface area contributed by atoms with E-state index in [-0.39, 0.29) is 18.0 Å². The van der Waals surface area contributed by atoms with Crippen LogP contribution in [-0.2, 0) is 4.79 Å². The lowest BCUT2D eigenvalue weighted by Crippen LogP contribution is -2.44. The quantitative estimate of drug-likeness (QED) is 0.715. The van der Waals surface area contributed by atoms with Gasteiger partial charge in [0.15, 0.2) is 0 Å². The van der Waals surface area contributed by atoms with Crippen LogP contribution in [0.1, 0.15) is 27.2 Å². The third kappa shape index (κ3) is 3.72. The van der Waals surface area contributed by atoms with Crippen molar-refractivity contribution in [2.75, 3.05) is 26.2 Å². The van der Waals surface area contributed by atoms with Crippen LogP contribution in [0.15, 0.2) is 0 Å². The molecule has 1 aliphatic heterocycles. The largest absolute Gasteiger partial charge is 0.341 e. The molecule has 0 radical (unpaired) electrons. The van der Waals surface area contributed by atoms with Crippen molar-refractivity contribution >= 4 is 11.9 Å². The van der Waals surface area contributed by atoms with E-state index in [9.17, 15) is 9.59 Å². The van der Waals surface area contributed by atoms with Crippen LogP contribution >= 0.6 is 0 Å². The Morgan fingerprint density at radius 2 is 1.62 bits per heavy atom. The number of nitrogens with zero attached hydrogens (tertiary/aromatic N) is 2. The minimum Gasteiger partial charge on any atom is -0.341 e. The Morgan fingerprint density at radius 3 is 2.19 bits per heavy atom. The molecule has 5 heteroatoms. The van der Waals surface area contributed by atoms with Crippen molar-refractivity contribution in [2.45, 2.75) is 33.2 Å². The summed E-state index contributed by atoms with van der Waals surface area (Å²) in [4.78, 5) is 26.5. The second kappa shape index (κ2) is 5.72. The number of urea groups is 1. The highest BCUT2D eigenvalue weighted by molar-refractivity contribution is 5.75. The Morgan fingerprint density at radius 1 is 1.06 bits per heavy atom. The molecule has 1 saturated heterocycles. The van der Waals surface area contributed by atoms with Crippen molar-refractivity contribution in [3.63, 3.8) is 0 Å². The van der Waals surface area contributed by atoms with E-state index in [4.69, 9.17) is 0 Å². The highest BCUT2D eigenvalue weighted by Gasteiger charge is 2.20. The van der Waals surface area contributed by atoms with Crippen LogP contribution in [0, 0.1) is 0 Å². The molecule has 1 fully saturated rings.